The van der Waals surface area contributed by atoms with Gasteiger partial charge in [-0.3, -0.25) is 0 Å². The Morgan fingerprint density at radius 1 is 1.33 bits per heavy atom. The number of nitrogens with zero attached hydrogens (tertiary/aromatic N) is 1. The van der Waals surface area contributed by atoms with E-state index in [1.165, 1.54) is 0 Å². The van der Waals surface area contributed by atoms with Gasteiger partial charge >= 0.3 is 0 Å². The van der Waals surface area contributed by atoms with Crippen molar-refractivity contribution < 1.29 is 4.52 Å². The van der Waals surface area contributed by atoms with Crippen molar-refractivity contribution in [2.45, 2.75) is 6.54 Å². The average Bonchev–Trinajstić information content (AvgIpc) is 2.68. The van der Waals surface area contributed by atoms with Gasteiger partial charge in [-0.05, 0) is 19.2 Å². The van der Waals surface area contributed by atoms with Gasteiger partial charge in [0.05, 0.1) is 6.20 Å². The molecule has 15 heavy (non-hydrogen) atoms. The molecule has 0 fully saturated rings. The molecular weight excluding hydrogens is 256 g/mol. The number of hydrogen-bond acceptors (Lipinski definition) is 3. The van der Waals surface area contributed by atoms with Crippen molar-refractivity contribution >= 4 is 15.9 Å². The van der Waals surface area contributed by atoms with Crippen LogP contribution in [0.2, 0.25) is 0 Å². The van der Waals surface area contributed by atoms with E-state index < -0.39 is 0 Å². The summed E-state index contributed by atoms with van der Waals surface area (Å²) in [5.74, 6) is 0.830. The second kappa shape index (κ2) is 4.59. The minimum absolute atomic E-state index is 0.759. The molecule has 4 heteroatoms. The van der Waals surface area contributed by atoms with E-state index in [-0.39, 0.29) is 0 Å². The molecule has 0 bridgehead atoms. The highest BCUT2D eigenvalue weighted by Gasteiger charge is 2.09. The molecule has 0 aliphatic carbocycles. The molecule has 0 atom stereocenters. The molecule has 0 aliphatic rings. The molecule has 2 rings (SSSR count). The van der Waals surface area contributed by atoms with E-state index in [1.54, 1.807) is 6.20 Å². The van der Waals surface area contributed by atoms with Gasteiger partial charge in [-0.1, -0.05) is 33.2 Å². The van der Waals surface area contributed by atoms with Crippen molar-refractivity contribution in [1.29, 1.82) is 0 Å². The van der Waals surface area contributed by atoms with Crippen LogP contribution in [-0.2, 0) is 6.54 Å². The Hall–Kier alpha value is -1.13. The fourth-order valence-electron chi connectivity index (χ4n) is 1.42. The maximum absolute atomic E-state index is 5.24. The van der Waals surface area contributed by atoms with Gasteiger partial charge in [0.15, 0.2) is 5.76 Å². The number of halogens is 1. The fraction of sp³-hybridized carbons (Fsp3) is 0.182. The van der Waals surface area contributed by atoms with Crippen LogP contribution in [0, 0.1) is 0 Å². The smallest absolute Gasteiger partial charge is 0.171 e. The lowest BCUT2D eigenvalue weighted by molar-refractivity contribution is 0.431. The van der Waals surface area contributed by atoms with Crippen molar-refractivity contribution in [3.05, 3.63) is 40.5 Å². The summed E-state index contributed by atoms with van der Waals surface area (Å²) in [4.78, 5) is 0. The first kappa shape index (κ1) is 10.4. The van der Waals surface area contributed by atoms with Crippen molar-refractivity contribution in [2.24, 2.45) is 0 Å². The second-order valence-corrected chi connectivity index (χ2v) is 4.13. The molecule has 0 spiro atoms. The van der Waals surface area contributed by atoms with E-state index in [9.17, 15) is 0 Å². The largest absolute Gasteiger partial charge is 0.356 e. The topological polar surface area (TPSA) is 38.1 Å². The first-order valence-electron chi connectivity index (χ1n) is 4.65. The fourth-order valence-corrected chi connectivity index (χ4v) is 1.68. The Labute approximate surface area is 96.6 Å². The number of aromatic nitrogens is 1. The van der Waals surface area contributed by atoms with Crippen LogP contribution >= 0.6 is 15.9 Å². The lowest BCUT2D eigenvalue weighted by Gasteiger charge is -2.00. The third-order valence-electron chi connectivity index (χ3n) is 2.12. The van der Waals surface area contributed by atoms with Gasteiger partial charge in [0.2, 0.25) is 0 Å². The monoisotopic (exact) mass is 266 g/mol. The third kappa shape index (κ3) is 2.27. The molecule has 0 saturated carbocycles. The van der Waals surface area contributed by atoms with Crippen molar-refractivity contribution in [2.75, 3.05) is 7.05 Å². The van der Waals surface area contributed by atoms with E-state index in [0.717, 1.165) is 27.9 Å². The van der Waals surface area contributed by atoms with Crippen LogP contribution in [0.15, 0.2) is 39.5 Å². The van der Waals surface area contributed by atoms with Gasteiger partial charge in [0.25, 0.3) is 0 Å². The van der Waals surface area contributed by atoms with Crippen molar-refractivity contribution in [1.82, 2.24) is 10.5 Å². The van der Waals surface area contributed by atoms with Crippen LogP contribution in [0.3, 0.4) is 0 Å². The minimum atomic E-state index is 0.759. The Balaban J connectivity index is 2.36. The van der Waals surface area contributed by atoms with E-state index >= 15 is 0 Å². The first-order valence-corrected chi connectivity index (χ1v) is 5.44. The van der Waals surface area contributed by atoms with E-state index in [1.807, 2.05) is 31.3 Å². The lowest BCUT2D eigenvalue weighted by Crippen LogP contribution is -2.04. The Morgan fingerprint density at radius 3 is 2.73 bits per heavy atom. The maximum atomic E-state index is 5.24. The SMILES string of the molecule is CNCc1cnoc1-c1ccc(Br)cc1. The van der Waals surface area contributed by atoms with Gasteiger partial charge in [0, 0.05) is 22.1 Å². The Kier molecular flexibility index (Phi) is 3.18. The highest BCUT2D eigenvalue weighted by molar-refractivity contribution is 9.10. The zero-order chi connectivity index (χ0) is 10.7. The van der Waals surface area contributed by atoms with Crippen molar-refractivity contribution in [3.63, 3.8) is 0 Å². The average molecular weight is 267 g/mol. The summed E-state index contributed by atoms with van der Waals surface area (Å²) >= 11 is 3.40. The molecule has 0 amide bonds. The predicted molar refractivity (Wildman–Crippen MR) is 62.4 cm³/mol. The zero-order valence-electron chi connectivity index (χ0n) is 8.33. The summed E-state index contributed by atoms with van der Waals surface area (Å²) in [5, 5.41) is 6.90. The molecule has 1 heterocycles. The van der Waals surface area contributed by atoms with E-state index in [4.69, 9.17) is 4.52 Å². The summed E-state index contributed by atoms with van der Waals surface area (Å²) in [7, 11) is 1.90. The molecule has 0 saturated heterocycles. The molecule has 1 aromatic heterocycles. The maximum Gasteiger partial charge on any atom is 0.171 e. The quantitative estimate of drug-likeness (QED) is 0.929. The van der Waals surface area contributed by atoms with Gasteiger partial charge in [-0.25, -0.2) is 0 Å². The first-order chi connectivity index (χ1) is 7.31. The standard InChI is InChI=1S/C11H11BrN2O/c1-13-6-9-7-14-15-11(9)8-2-4-10(12)5-3-8/h2-5,7,13H,6H2,1H3. The highest BCUT2D eigenvalue weighted by atomic mass is 79.9. The van der Waals surface area contributed by atoms with Gasteiger partial charge < -0.3 is 9.84 Å². The molecule has 0 aliphatic heterocycles. The van der Waals surface area contributed by atoms with Crippen LogP contribution in [-0.4, -0.2) is 12.2 Å². The van der Waals surface area contributed by atoms with Gasteiger partial charge in [-0.15, -0.1) is 0 Å². The summed E-state index contributed by atoms with van der Waals surface area (Å²) in [6, 6.07) is 7.98. The van der Waals surface area contributed by atoms with E-state index in [2.05, 4.69) is 26.4 Å². The molecular formula is C11H11BrN2O. The summed E-state index contributed by atoms with van der Waals surface area (Å²) < 4.78 is 6.29. The molecule has 0 radical (unpaired) electrons. The number of benzene rings is 1. The lowest BCUT2D eigenvalue weighted by atomic mass is 10.1. The highest BCUT2D eigenvalue weighted by Crippen LogP contribution is 2.24. The number of hydrogen-bond donors (Lipinski definition) is 1. The van der Waals surface area contributed by atoms with E-state index in [0.29, 0.717) is 0 Å². The van der Waals surface area contributed by atoms with Crippen LogP contribution in [0.1, 0.15) is 5.56 Å². The minimum Gasteiger partial charge on any atom is -0.356 e. The van der Waals surface area contributed by atoms with Crippen LogP contribution < -0.4 is 5.32 Å². The molecule has 2 aromatic rings. The zero-order valence-corrected chi connectivity index (χ0v) is 9.91. The van der Waals surface area contributed by atoms with Gasteiger partial charge in [0.1, 0.15) is 0 Å². The second-order valence-electron chi connectivity index (χ2n) is 3.22. The van der Waals surface area contributed by atoms with Crippen LogP contribution in [0.4, 0.5) is 0 Å². The van der Waals surface area contributed by atoms with Gasteiger partial charge in [-0.2, -0.15) is 0 Å². The molecule has 0 unspecified atom stereocenters. The molecule has 1 aromatic carbocycles. The molecule has 3 nitrogen and oxygen atoms in total. The van der Waals surface area contributed by atoms with Crippen LogP contribution in [0.5, 0.6) is 0 Å². The summed E-state index contributed by atoms with van der Waals surface area (Å²) in [6.07, 6.45) is 1.74. The van der Waals surface area contributed by atoms with Crippen molar-refractivity contribution in [3.8, 4) is 11.3 Å². The Morgan fingerprint density at radius 2 is 2.07 bits per heavy atom. The summed E-state index contributed by atoms with van der Waals surface area (Å²) in [5.41, 5.74) is 2.11. The number of rotatable bonds is 3. The predicted octanol–water partition coefficient (Wildman–Crippen LogP) is 2.82. The van der Waals surface area contributed by atoms with Crippen LogP contribution in [0.25, 0.3) is 11.3 Å². The number of nitrogens with one attached hydrogen (secondary N) is 1. The normalized spacial score (nSPS) is 10.5. The molecule has 78 valence electrons. The molecule has 1 N–H and O–H groups in total. The third-order valence-corrected chi connectivity index (χ3v) is 2.65. The summed E-state index contributed by atoms with van der Waals surface area (Å²) in [6.45, 7) is 0.759. The Bertz CT molecular complexity index is 436.